The van der Waals surface area contributed by atoms with Crippen molar-refractivity contribution in [1.29, 1.82) is 0 Å². The lowest BCUT2D eigenvalue weighted by Crippen LogP contribution is -2.49. The smallest absolute Gasteiger partial charge is 0.326 e. The molecule has 0 fully saturated rings. The number of carbonyl (C=O) groups excluding carboxylic acids is 1. The van der Waals surface area contributed by atoms with Gasteiger partial charge in [0.05, 0.1) is 5.56 Å². The first-order chi connectivity index (χ1) is 8.62. The van der Waals surface area contributed by atoms with Crippen LogP contribution in [0.15, 0.2) is 22.7 Å². The minimum Gasteiger partial charge on any atom is -0.480 e. The number of carboxylic acid groups (broad SMARTS) is 1. The van der Waals surface area contributed by atoms with Crippen LogP contribution in [0.1, 0.15) is 31.1 Å². The second-order valence-electron chi connectivity index (χ2n) is 5.23. The predicted octanol–water partition coefficient (Wildman–Crippen LogP) is 2.82. The van der Waals surface area contributed by atoms with Crippen molar-refractivity contribution in [3.05, 3.63) is 34.1 Å². The van der Waals surface area contributed by atoms with Crippen LogP contribution in [0.2, 0.25) is 0 Å². The number of hydrogen-bond donors (Lipinski definition) is 2. The topological polar surface area (TPSA) is 66.4 Å². The quantitative estimate of drug-likeness (QED) is 0.894. The van der Waals surface area contributed by atoms with Gasteiger partial charge in [-0.25, -0.2) is 9.18 Å². The number of nitrogens with one attached hydrogen (secondary N) is 1. The molecule has 0 saturated heterocycles. The van der Waals surface area contributed by atoms with Crippen molar-refractivity contribution in [2.24, 2.45) is 5.41 Å². The Morgan fingerprint density at radius 1 is 1.37 bits per heavy atom. The maximum Gasteiger partial charge on any atom is 0.326 e. The zero-order valence-electron chi connectivity index (χ0n) is 10.8. The number of aliphatic carboxylic acids is 1. The molecule has 1 aromatic carbocycles. The third kappa shape index (κ3) is 4.02. The summed E-state index contributed by atoms with van der Waals surface area (Å²) < 4.78 is 14.1. The van der Waals surface area contributed by atoms with Crippen molar-refractivity contribution in [2.75, 3.05) is 0 Å². The van der Waals surface area contributed by atoms with Crippen molar-refractivity contribution in [3.8, 4) is 0 Å². The summed E-state index contributed by atoms with van der Waals surface area (Å²) in [6.07, 6.45) is 0. The molecular formula is C13H15BrFNO3. The molecule has 4 nitrogen and oxygen atoms in total. The van der Waals surface area contributed by atoms with Crippen LogP contribution >= 0.6 is 15.9 Å². The molecule has 19 heavy (non-hydrogen) atoms. The molecule has 1 rings (SSSR count). The molecule has 1 atom stereocenters. The van der Waals surface area contributed by atoms with Gasteiger partial charge in [0.2, 0.25) is 0 Å². The van der Waals surface area contributed by atoms with Crippen LogP contribution in [0.3, 0.4) is 0 Å². The molecule has 2 N–H and O–H groups in total. The zero-order valence-corrected chi connectivity index (χ0v) is 12.4. The number of carbonyl (C=O) groups is 2. The Bertz CT molecular complexity index is 511. The predicted molar refractivity (Wildman–Crippen MR) is 72.4 cm³/mol. The van der Waals surface area contributed by atoms with Gasteiger partial charge >= 0.3 is 5.97 Å². The van der Waals surface area contributed by atoms with E-state index in [9.17, 15) is 14.0 Å². The van der Waals surface area contributed by atoms with Gasteiger partial charge < -0.3 is 10.4 Å². The van der Waals surface area contributed by atoms with E-state index in [1.165, 1.54) is 12.1 Å². The van der Waals surface area contributed by atoms with Crippen LogP contribution in [0.25, 0.3) is 0 Å². The highest BCUT2D eigenvalue weighted by molar-refractivity contribution is 9.10. The highest BCUT2D eigenvalue weighted by atomic mass is 79.9. The van der Waals surface area contributed by atoms with E-state index in [0.717, 1.165) is 6.07 Å². The van der Waals surface area contributed by atoms with Crippen LogP contribution in [0.4, 0.5) is 4.39 Å². The van der Waals surface area contributed by atoms with E-state index in [1.54, 1.807) is 20.8 Å². The first kappa shape index (κ1) is 15.6. The summed E-state index contributed by atoms with van der Waals surface area (Å²) in [5.74, 6) is -2.60. The van der Waals surface area contributed by atoms with Crippen molar-refractivity contribution < 1.29 is 19.1 Å². The number of halogens is 2. The van der Waals surface area contributed by atoms with Crippen molar-refractivity contribution in [1.82, 2.24) is 5.32 Å². The lowest BCUT2D eigenvalue weighted by atomic mass is 9.86. The molecule has 0 radical (unpaired) electrons. The first-order valence-electron chi connectivity index (χ1n) is 5.61. The third-order valence-electron chi connectivity index (χ3n) is 2.56. The second-order valence-corrected chi connectivity index (χ2v) is 6.15. The first-order valence-corrected chi connectivity index (χ1v) is 6.41. The van der Waals surface area contributed by atoms with E-state index < -0.39 is 29.2 Å². The van der Waals surface area contributed by atoms with Crippen LogP contribution in [-0.4, -0.2) is 23.0 Å². The summed E-state index contributed by atoms with van der Waals surface area (Å²) in [7, 11) is 0. The Balaban J connectivity index is 3.01. The number of amides is 1. The highest BCUT2D eigenvalue weighted by Gasteiger charge is 2.33. The highest BCUT2D eigenvalue weighted by Crippen LogP contribution is 2.21. The molecule has 0 aliphatic heterocycles. The second kappa shape index (κ2) is 5.69. The molecule has 0 unspecified atom stereocenters. The maximum absolute atomic E-state index is 13.5. The molecule has 1 amide bonds. The monoisotopic (exact) mass is 331 g/mol. The molecule has 0 aliphatic carbocycles. The molecule has 0 aliphatic rings. The van der Waals surface area contributed by atoms with E-state index in [0.29, 0.717) is 4.47 Å². The Labute approximate surface area is 119 Å². The van der Waals surface area contributed by atoms with E-state index in [2.05, 4.69) is 21.2 Å². The Kier molecular flexibility index (Phi) is 4.68. The molecular weight excluding hydrogens is 317 g/mol. The Hall–Kier alpha value is -1.43. The summed E-state index contributed by atoms with van der Waals surface area (Å²) in [5.41, 5.74) is -0.867. The molecule has 0 heterocycles. The van der Waals surface area contributed by atoms with Crippen LogP contribution in [-0.2, 0) is 4.79 Å². The van der Waals surface area contributed by atoms with Crippen molar-refractivity contribution in [3.63, 3.8) is 0 Å². The minimum atomic E-state index is -1.16. The molecule has 0 aromatic heterocycles. The van der Waals surface area contributed by atoms with Gasteiger partial charge in [-0.1, -0.05) is 36.7 Å². The molecule has 0 bridgehead atoms. The molecule has 104 valence electrons. The number of benzene rings is 1. The van der Waals surface area contributed by atoms with E-state index in [1.807, 2.05) is 0 Å². The van der Waals surface area contributed by atoms with Gasteiger partial charge in [0.1, 0.15) is 11.9 Å². The standard InChI is InChI=1S/C13H15BrFNO3/c1-13(2,3)10(12(18)19)16-11(17)8-6-7(14)4-5-9(8)15/h4-6,10H,1-3H3,(H,16,17)(H,18,19)/t10-/m0/s1. The summed E-state index contributed by atoms with van der Waals surface area (Å²) in [6, 6.07) is 2.82. The van der Waals surface area contributed by atoms with Crippen LogP contribution in [0.5, 0.6) is 0 Å². The average molecular weight is 332 g/mol. The fourth-order valence-corrected chi connectivity index (χ4v) is 1.89. The maximum atomic E-state index is 13.5. The fourth-order valence-electron chi connectivity index (χ4n) is 1.53. The summed E-state index contributed by atoms with van der Waals surface area (Å²) in [4.78, 5) is 23.1. The van der Waals surface area contributed by atoms with Gasteiger partial charge in [-0.3, -0.25) is 4.79 Å². The van der Waals surface area contributed by atoms with E-state index in [4.69, 9.17) is 5.11 Å². The molecule has 1 aromatic rings. The Morgan fingerprint density at radius 2 is 1.95 bits per heavy atom. The van der Waals surface area contributed by atoms with Gasteiger partial charge in [-0.15, -0.1) is 0 Å². The minimum absolute atomic E-state index is 0.190. The summed E-state index contributed by atoms with van der Waals surface area (Å²) >= 11 is 3.14. The van der Waals surface area contributed by atoms with Gasteiger partial charge in [0, 0.05) is 4.47 Å². The number of carboxylic acids is 1. The summed E-state index contributed by atoms with van der Waals surface area (Å²) in [5, 5.41) is 11.5. The van der Waals surface area contributed by atoms with Gasteiger partial charge in [-0.05, 0) is 23.6 Å². The van der Waals surface area contributed by atoms with Crippen LogP contribution < -0.4 is 5.32 Å². The molecule has 0 spiro atoms. The number of hydrogen-bond acceptors (Lipinski definition) is 2. The Morgan fingerprint density at radius 3 is 2.42 bits per heavy atom. The largest absolute Gasteiger partial charge is 0.480 e. The van der Waals surface area contributed by atoms with Gasteiger partial charge in [0.15, 0.2) is 0 Å². The van der Waals surface area contributed by atoms with E-state index in [-0.39, 0.29) is 5.56 Å². The fraction of sp³-hybridized carbons (Fsp3) is 0.385. The summed E-state index contributed by atoms with van der Waals surface area (Å²) in [6.45, 7) is 5.05. The van der Waals surface area contributed by atoms with E-state index >= 15 is 0 Å². The van der Waals surface area contributed by atoms with Crippen LogP contribution in [0, 0.1) is 11.2 Å². The number of rotatable bonds is 3. The normalized spacial score (nSPS) is 12.9. The lowest BCUT2D eigenvalue weighted by molar-refractivity contribution is -0.142. The van der Waals surface area contributed by atoms with Gasteiger partial charge in [0.25, 0.3) is 5.91 Å². The molecule has 0 saturated carbocycles. The molecule has 6 heteroatoms. The van der Waals surface area contributed by atoms with Crippen molar-refractivity contribution >= 4 is 27.8 Å². The SMILES string of the molecule is CC(C)(C)[C@@H](NC(=O)c1cc(Br)ccc1F)C(=O)O. The zero-order chi connectivity index (χ0) is 14.8. The van der Waals surface area contributed by atoms with Crippen molar-refractivity contribution in [2.45, 2.75) is 26.8 Å². The average Bonchev–Trinajstić information content (AvgIpc) is 2.26. The van der Waals surface area contributed by atoms with Gasteiger partial charge in [-0.2, -0.15) is 0 Å². The third-order valence-corrected chi connectivity index (χ3v) is 3.05. The lowest BCUT2D eigenvalue weighted by Gasteiger charge is -2.27.